The fourth-order valence-corrected chi connectivity index (χ4v) is 2.94. The molecule has 0 radical (unpaired) electrons. The summed E-state index contributed by atoms with van der Waals surface area (Å²) in [7, 11) is 0. The lowest BCUT2D eigenvalue weighted by atomic mass is 10.2. The van der Waals surface area contributed by atoms with Gasteiger partial charge in [-0.25, -0.2) is 4.99 Å². The van der Waals surface area contributed by atoms with Gasteiger partial charge in [0, 0.05) is 30.1 Å². The van der Waals surface area contributed by atoms with E-state index in [4.69, 9.17) is 9.84 Å². The van der Waals surface area contributed by atoms with E-state index in [1.807, 2.05) is 6.07 Å². The third-order valence-electron chi connectivity index (χ3n) is 3.59. The second-order valence-electron chi connectivity index (χ2n) is 5.61. The SMILES string of the molecule is I.O=[N+]([O-])c1ccc(CN=C(NCCOCCO)NCCc2cccs2)cc1. The van der Waals surface area contributed by atoms with Crippen LogP contribution in [-0.2, 0) is 17.7 Å². The lowest BCUT2D eigenvalue weighted by molar-refractivity contribution is -0.384. The average Bonchev–Trinajstić information content (AvgIpc) is 3.19. The molecule has 8 nitrogen and oxygen atoms in total. The molecule has 0 fully saturated rings. The molecule has 3 N–H and O–H groups in total. The Bertz CT molecular complexity index is 711. The van der Waals surface area contributed by atoms with E-state index >= 15 is 0 Å². The zero-order valence-electron chi connectivity index (χ0n) is 15.4. The first kappa shape index (κ1) is 24.3. The Kier molecular flexibility index (Phi) is 12.4. The van der Waals surface area contributed by atoms with Crippen molar-refractivity contribution in [1.29, 1.82) is 0 Å². The first-order chi connectivity index (χ1) is 13.2. The highest BCUT2D eigenvalue weighted by Crippen LogP contribution is 2.12. The predicted octanol–water partition coefficient (Wildman–Crippen LogP) is 2.56. The van der Waals surface area contributed by atoms with Crippen molar-refractivity contribution >= 4 is 47.0 Å². The van der Waals surface area contributed by atoms with Gasteiger partial charge in [0.1, 0.15) is 0 Å². The van der Waals surface area contributed by atoms with Crippen molar-refractivity contribution in [3.05, 3.63) is 62.3 Å². The molecule has 2 rings (SSSR count). The minimum absolute atomic E-state index is 0. The van der Waals surface area contributed by atoms with Crippen molar-refractivity contribution in [2.24, 2.45) is 4.99 Å². The number of nitro groups is 1. The van der Waals surface area contributed by atoms with Gasteiger partial charge in [-0.05, 0) is 23.4 Å². The Morgan fingerprint density at radius 3 is 2.57 bits per heavy atom. The van der Waals surface area contributed by atoms with Crippen LogP contribution in [0.15, 0.2) is 46.8 Å². The van der Waals surface area contributed by atoms with Crippen LogP contribution in [0, 0.1) is 10.1 Å². The number of aliphatic hydroxyl groups excluding tert-OH is 1. The Morgan fingerprint density at radius 1 is 1.18 bits per heavy atom. The van der Waals surface area contributed by atoms with Crippen LogP contribution in [0.25, 0.3) is 0 Å². The number of nitrogens with one attached hydrogen (secondary N) is 2. The lowest BCUT2D eigenvalue weighted by Crippen LogP contribution is -2.40. The predicted molar refractivity (Wildman–Crippen MR) is 122 cm³/mol. The molecule has 0 spiro atoms. The van der Waals surface area contributed by atoms with Gasteiger partial charge in [-0.15, -0.1) is 35.3 Å². The molecule has 0 saturated carbocycles. The fraction of sp³-hybridized carbons (Fsp3) is 0.389. The minimum Gasteiger partial charge on any atom is -0.394 e. The zero-order chi connectivity index (χ0) is 19.3. The standard InChI is InChI=1S/C18H24N4O4S.HI/c23-10-12-26-11-9-20-18(19-8-7-17-2-1-13-27-17)21-14-15-3-5-16(6-4-15)22(24)25;/h1-6,13,23H,7-12,14H2,(H2,19,20,21);1H. The Labute approximate surface area is 185 Å². The van der Waals surface area contributed by atoms with Gasteiger partial charge in [-0.1, -0.05) is 18.2 Å². The van der Waals surface area contributed by atoms with E-state index in [2.05, 4.69) is 27.1 Å². The van der Waals surface area contributed by atoms with Gasteiger partial charge in [0.15, 0.2) is 5.96 Å². The summed E-state index contributed by atoms with van der Waals surface area (Å²) in [6, 6.07) is 10.5. The third kappa shape index (κ3) is 9.44. The fourth-order valence-electron chi connectivity index (χ4n) is 2.23. The molecule has 1 heterocycles. The van der Waals surface area contributed by atoms with Crippen LogP contribution in [0.3, 0.4) is 0 Å². The second kappa shape index (κ2) is 14.3. The third-order valence-corrected chi connectivity index (χ3v) is 4.52. The van der Waals surface area contributed by atoms with Crippen LogP contribution in [-0.4, -0.2) is 48.9 Å². The molecule has 0 aliphatic heterocycles. The van der Waals surface area contributed by atoms with E-state index in [1.165, 1.54) is 17.0 Å². The molecule has 10 heteroatoms. The second-order valence-corrected chi connectivity index (χ2v) is 6.64. The maximum absolute atomic E-state index is 10.7. The Hall–Kier alpha value is -1.76. The molecule has 1 aromatic heterocycles. The van der Waals surface area contributed by atoms with Gasteiger partial charge in [0.05, 0.1) is 31.3 Å². The molecule has 0 atom stereocenters. The largest absolute Gasteiger partial charge is 0.394 e. The monoisotopic (exact) mass is 520 g/mol. The number of hydrogen-bond donors (Lipinski definition) is 3. The molecular formula is C18H25IN4O4S. The number of thiophene rings is 1. The number of halogens is 1. The zero-order valence-corrected chi connectivity index (χ0v) is 18.5. The van der Waals surface area contributed by atoms with Crippen LogP contribution >= 0.6 is 35.3 Å². The Balaban J connectivity index is 0.00000392. The molecule has 0 aliphatic carbocycles. The summed E-state index contributed by atoms with van der Waals surface area (Å²) in [5, 5.41) is 28.0. The van der Waals surface area contributed by atoms with Crippen LogP contribution in [0.2, 0.25) is 0 Å². The summed E-state index contributed by atoms with van der Waals surface area (Å²) in [4.78, 5) is 16.1. The summed E-state index contributed by atoms with van der Waals surface area (Å²) in [5.74, 6) is 0.650. The van der Waals surface area contributed by atoms with Crippen molar-refractivity contribution in [2.75, 3.05) is 32.9 Å². The maximum Gasteiger partial charge on any atom is 0.269 e. The maximum atomic E-state index is 10.7. The van der Waals surface area contributed by atoms with E-state index < -0.39 is 4.92 Å². The van der Waals surface area contributed by atoms with Gasteiger partial charge in [-0.2, -0.15) is 0 Å². The molecule has 2 aromatic rings. The molecule has 0 bridgehead atoms. The summed E-state index contributed by atoms with van der Waals surface area (Å²) in [6.07, 6.45) is 0.900. The summed E-state index contributed by atoms with van der Waals surface area (Å²) in [6.45, 7) is 2.48. The number of nitro benzene ring substituents is 1. The number of nitrogens with zero attached hydrogens (tertiary/aromatic N) is 2. The van der Waals surface area contributed by atoms with Crippen molar-refractivity contribution in [3.8, 4) is 0 Å². The first-order valence-corrected chi connectivity index (χ1v) is 9.53. The van der Waals surface area contributed by atoms with E-state index in [0.717, 1.165) is 18.5 Å². The highest BCUT2D eigenvalue weighted by atomic mass is 127. The molecule has 0 amide bonds. The summed E-state index contributed by atoms with van der Waals surface area (Å²) >= 11 is 1.72. The molecule has 154 valence electrons. The van der Waals surface area contributed by atoms with Crippen molar-refractivity contribution in [3.63, 3.8) is 0 Å². The number of ether oxygens (including phenoxy) is 1. The van der Waals surface area contributed by atoms with Crippen LogP contribution in [0.1, 0.15) is 10.4 Å². The van der Waals surface area contributed by atoms with E-state index in [1.54, 1.807) is 23.5 Å². The van der Waals surface area contributed by atoms with Crippen molar-refractivity contribution in [1.82, 2.24) is 10.6 Å². The lowest BCUT2D eigenvalue weighted by Gasteiger charge is -2.12. The quantitative estimate of drug-likeness (QED) is 0.105. The molecule has 28 heavy (non-hydrogen) atoms. The highest BCUT2D eigenvalue weighted by Gasteiger charge is 2.04. The first-order valence-electron chi connectivity index (χ1n) is 8.65. The number of rotatable bonds is 11. The normalized spacial score (nSPS) is 11.0. The highest BCUT2D eigenvalue weighted by molar-refractivity contribution is 14.0. The van der Waals surface area contributed by atoms with Crippen LogP contribution in [0.5, 0.6) is 0 Å². The van der Waals surface area contributed by atoms with Gasteiger partial charge >= 0.3 is 0 Å². The Morgan fingerprint density at radius 2 is 1.93 bits per heavy atom. The summed E-state index contributed by atoms with van der Waals surface area (Å²) < 4.78 is 5.24. The van der Waals surface area contributed by atoms with E-state index in [-0.39, 0.29) is 36.3 Å². The van der Waals surface area contributed by atoms with Gasteiger partial charge in [0.2, 0.25) is 0 Å². The molecular weight excluding hydrogens is 495 g/mol. The van der Waals surface area contributed by atoms with Gasteiger partial charge in [0.25, 0.3) is 5.69 Å². The minimum atomic E-state index is -0.418. The van der Waals surface area contributed by atoms with Crippen molar-refractivity contribution < 1.29 is 14.8 Å². The number of aliphatic imine (C=N–C) groups is 1. The number of benzene rings is 1. The van der Waals surface area contributed by atoms with Gasteiger partial charge in [-0.3, -0.25) is 10.1 Å². The molecule has 1 aromatic carbocycles. The number of aliphatic hydroxyl groups is 1. The number of guanidine groups is 1. The molecule has 0 saturated heterocycles. The molecule has 0 unspecified atom stereocenters. The average molecular weight is 520 g/mol. The van der Waals surface area contributed by atoms with Crippen LogP contribution in [0.4, 0.5) is 5.69 Å². The van der Waals surface area contributed by atoms with Gasteiger partial charge < -0.3 is 20.5 Å². The van der Waals surface area contributed by atoms with E-state index in [0.29, 0.717) is 32.3 Å². The summed E-state index contributed by atoms with van der Waals surface area (Å²) in [5.41, 5.74) is 0.952. The topological polar surface area (TPSA) is 109 Å². The smallest absolute Gasteiger partial charge is 0.269 e. The van der Waals surface area contributed by atoms with Crippen LogP contribution < -0.4 is 10.6 Å². The number of non-ortho nitro benzene ring substituents is 1. The molecule has 0 aliphatic rings. The van der Waals surface area contributed by atoms with E-state index in [9.17, 15) is 10.1 Å². The van der Waals surface area contributed by atoms with Crippen molar-refractivity contribution in [2.45, 2.75) is 13.0 Å². The number of hydrogen-bond acceptors (Lipinski definition) is 6.